The van der Waals surface area contributed by atoms with Gasteiger partial charge in [-0.15, -0.1) is 0 Å². The van der Waals surface area contributed by atoms with Crippen molar-refractivity contribution in [2.45, 2.75) is 20.0 Å². The molecule has 0 fully saturated rings. The van der Waals surface area contributed by atoms with Crippen LogP contribution in [0.1, 0.15) is 23.6 Å². The molecule has 1 N–H and O–H groups in total. The van der Waals surface area contributed by atoms with Crippen molar-refractivity contribution in [3.63, 3.8) is 0 Å². The molecule has 0 spiro atoms. The smallest absolute Gasteiger partial charge is 0.194 e. The molecular formula is C19H21FN4. The molecule has 0 aliphatic heterocycles. The molecule has 0 atom stereocenters. The number of hydrogen-bond acceptors (Lipinski definition) is 2. The van der Waals surface area contributed by atoms with Gasteiger partial charge in [0.1, 0.15) is 5.82 Å². The van der Waals surface area contributed by atoms with Crippen LogP contribution in [0.3, 0.4) is 0 Å². The summed E-state index contributed by atoms with van der Waals surface area (Å²) in [6.07, 6.45) is 0. The van der Waals surface area contributed by atoms with E-state index in [1.165, 1.54) is 12.1 Å². The molecule has 0 unspecified atom stereocenters. The molecular weight excluding hydrogens is 303 g/mol. The second kappa shape index (κ2) is 8.68. The Bertz CT molecular complexity index is 749. The predicted octanol–water partition coefficient (Wildman–Crippen LogP) is 3.29. The summed E-state index contributed by atoms with van der Waals surface area (Å²) in [5.74, 6) is 0.500. The summed E-state index contributed by atoms with van der Waals surface area (Å²) in [6, 6.07) is 16.1. The molecule has 0 aromatic heterocycles. The second-order valence-corrected chi connectivity index (χ2v) is 5.47. The first kappa shape index (κ1) is 17.5. The highest BCUT2D eigenvalue weighted by atomic mass is 19.1. The maximum atomic E-state index is 13.3. The van der Waals surface area contributed by atoms with E-state index in [0.29, 0.717) is 18.7 Å². The van der Waals surface area contributed by atoms with Crippen molar-refractivity contribution in [2.75, 3.05) is 13.6 Å². The van der Waals surface area contributed by atoms with Gasteiger partial charge in [-0.3, -0.25) is 0 Å². The number of guanidine groups is 1. The number of nitrogens with zero attached hydrogens (tertiary/aromatic N) is 3. The van der Waals surface area contributed by atoms with Gasteiger partial charge in [0.25, 0.3) is 0 Å². The molecule has 0 radical (unpaired) electrons. The van der Waals surface area contributed by atoms with Gasteiger partial charge in [0, 0.05) is 20.1 Å². The Morgan fingerprint density at radius 1 is 1.21 bits per heavy atom. The van der Waals surface area contributed by atoms with Gasteiger partial charge in [-0.2, -0.15) is 5.26 Å². The van der Waals surface area contributed by atoms with E-state index in [-0.39, 0.29) is 5.82 Å². The first-order valence-corrected chi connectivity index (χ1v) is 7.85. The summed E-state index contributed by atoms with van der Waals surface area (Å²) in [7, 11) is 1.91. The van der Waals surface area contributed by atoms with Crippen LogP contribution in [0.5, 0.6) is 0 Å². The zero-order valence-corrected chi connectivity index (χ0v) is 14.0. The summed E-state index contributed by atoms with van der Waals surface area (Å²) in [5.41, 5.74) is 2.49. The molecule has 24 heavy (non-hydrogen) atoms. The number of nitrogens with one attached hydrogen (secondary N) is 1. The summed E-state index contributed by atoms with van der Waals surface area (Å²) in [6.45, 7) is 3.78. The normalized spacial score (nSPS) is 11.0. The van der Waals surface area contributed by atoms with E-state index in [2.05, 4.69) is 16.4 Å². The fourth-order valence-corrected chi connectivity index (χ4v) is 2.36. The Labute approximate surface area is 142 Å². The highest BCUT2D eigenvalue weighted by Gasteiger charge is 2.07. The minimum absolute atomic E-state index is 0.240. The largest absolute Gasteiger partial charge is 0.357 e. The molecule has 5 heteroatoms. The number of aliphatic imine (C=N–C) groups is 1. The molecule has 2 aromatic carbocycles. The third-order valence-corrected chi connectivity index (χ3v) is 3.47. The van der Waals surface area contributed by atoms with Gasteiger partial charge in [-0.1, -0.05) is 24.3 Å². The van der Waals surface area contributed by atoms with E-state index in [9.17, 15) is 4.39 Å². The van der Waals surface area contributed by atoms with Crippen LogP contribution in [0.4, 0.5) is 4.39 Å². The maximum absolute atomic E-state index is 13.3. The third-order valence-electron chi connectivity index (χ3n) is 3.47. The molecule has 0 aliphatic rings. The van der Waals surface area contributed by atoms with Crippen LogP contribution < -0.4 is 5.32 Å². The SMILES string of the molecule is CCNC(=NCc1cccc(C#N)c1)N(C)Cc1cccc(F)c1. The van der Waals surface area contributed by atoms with Crippen molar-refractivity contribution < 1.29 is 4.39 Å². The van der Waals surface area contributed by atoms with Crippen molar-refractivity contribution in [2.24, 2.45) is 4.99 Å². The van der Waals surface area contributed by atoms with Crippen LogP contribution in [0.25, 0.3) is 0 Å². The number of hydrogen-bond donors (Lipinski definition) is 1. The fraction of sp³-hybridized carbons (Fsp3) is 0.263. The Kier molecular flexibility index (Phi) is 6.32. The van der Waals surface area contributed by atoms with E-state index in [1.54, 1.807) is 12.1 Å². The van der Waals surface area contributed by atoms with Gasteiger partial charge in [0.15, 0.2) is 5.96 Å². The molecule has 0 amide bonds. The topological polar surface area (TPSA) is 51.4 Å². The van der Waals surface area contributed by atoms with E-state index < -0.39 is 0 Å². The second-order valence-electron chi connectivity index (χ2n) is 5.47. The van der Waals surface area contributed by atoms with Gasteiger partial charge < -0.3 is 10.2 Å². The Balaban J connectivity index is 2.10. The lowest BCUT2D eigenvalue weighted by Crippen LogP contribution is -2.38. The van der Waals surface area contributed by atoms with Crippen LogP contribution in [0.15, 0.2) is 53.5 Å². The maximum Gasteiger partial charge on any atom is 0.194 e. The van der Waals surface area contributed by atoms with Gasteiger partial charge in [-0.05, 0) is 42.3 Å². The minimum atomic E-state index is -0.240. The van der Waals surface area contributed by atoms with Crippen LogP contribution in [-0.2, 0) is 13.1 Å². The molecule has 2 aromatic rings. The van der Waals surface area contributed by atoms with Gasteiger partial charge in [0.05, 0.1) is 18.2 Å². The van der Waals surface area contributed by atoms with Crippen molar-refractivity contribution in [1.29, 1.82) is 5.26 Å². The van der Waals surface area contributed by atoms with Gasteiger partial charge in [0.2, 0.25) is 0 Å². The van der Waals surface area contributed by atoms with Crippen LogP contribution in [-0.4, -0.2) is 24.5 Å². The number of nitriles is 1. The molecule has 0 saturated heterocycles. The van der Waals surface area contributed by atoms with Crippen molar-refractivity contribution in [3.8, 4) is 6.07 Å². The van der Waals surface area contributed by atoms with Crippen LogP contribution in [0.2, 0.25) is 0 Å². The summed E-state index contributed by atoms with van der Waals surface area (Å²) in [5, 5.41) is 12.2. The monoisotopic (exact) mass is 324 g/mol. The Morgan fingerprint density at radius 3 is 2.67 bits per heavy atom. The van der Waals surface area contributed by atoms with E-state index >= 15 is 0 Å². The number of halogens is 1. The zero-order valence-electron chi connectivity index (χ0n) is 14.0. The summed E-state index contributed by atoms with van der Waals surface area (Å²) >= 11 is 0. The quantitative estimate of drug-likeness (QED) is 0.678. The first-order chi connectivity index (χ1) is 11.6. The van der Waals surface area contributed by atoms with E-state index in [0.717, 1.165) is 23.6 Å². The number of benzene rings is 2. The first-order valence-electron chi connectivity index (χ1n) is 7.85. The lowest BCUT2D eigenvalue weighted by Gasteiger charge is -2.22. The van der Waals surface area contributed by atoms with E-state index in [1.807, 2.05) is 43.1 Å². The van der Waals surface area contributed by atoms with Crippen molar-refractivity contribution >= 4 is 5.96 Å². The third kappa shape index (κ3) is 5.10. The lowest BCUT2D eigenvalue weighted by atomic mass is 10.1. The summed E-state index contributed by atoms with van der Waals surface area (Å²) < 4.78 is 13.3. The molecule has 0 aliphatic carbocycles. The van der Waals surface area contributed by atoms with Crippen LogP contribution >= 0.6 is 0 Å². The zero-order chi connectivity index (χ0) is 17.4. The molecule has 0 bridgehead atoms. The summed E-state index contributed by atoms with van der Waals surface area (Å²) in [4.78, 5) is 6.56. The fourth-order valence-electron chi connectivity index (χ4n) is 2.36. The average Bonchev–Trinajstić information content (AvgIpc) is 2.58. The highest BCUT2D eigenvalue weighted by Crippen LogP contribution is 2.08. The number of rotatable bonds is 5. The van der Waals surface area contributed by atoms with Crippen molar-refractivity contribution in [1.82, 2.24) is 10.2 Å². The van der Waals surface area contributed by atoms with Crippen molar-refractivity contribution in [3.05, 3.63) is 71.0 Å². The molecule has 124 valence electrons. The minimum Gasteiger partial charge on any atom is -0.357 e. The predicted molar refractivity (Wildman–Crippen MR) is 93.8 cm³/mol. The highest BCUT2D eigenvalue weighted by molar-refractivity contribution is 5.79. The molecule has 4 nitrogen and oxygen atoms in total. The average molecular weight is 324 g/mol. The van der Waals surface area contributed by atoms with Gasteiger partial charge in [-0.25, -0.2) is 9.38 Å². The molecule has 0 saturated carbocycles. The van der Waals surface area contributed by atoms with Gasteiger partial charge >= 0.3 is 0 Å². The molecule has 0 heterocycles. The van der Waals surface area contributed by atoms with Crippen LogP contribution in [0, 0.1) is 17.1 Å². The van der Waals surface area contributed by atoms with E-state index in [4.69, 9.17) is 5.26 Å². The Hall–Kier alpha value is -2.87. The molecule has 2 rings (SSSR count). The standard InChI is InChI=1S/C19H21FN4/c1-3-22-19(23-13-16-7-4-6-15(10-16)12-21)24(2)14-17-8-5-9-18(20)11-17/h4-11H,3,13-14H2,1-2H3,(H,22,23). The lowest BCUT2D eigenvalue weighted by molar-refractivity contribution is 0.475. The Morgan fingerprint density at radius 2 is 1.96 bits per heavy atom.